The third-order valence-corrected chi connectivity index (χ3v) is 3.28. The largest absolute Gasteiger partial charge is 0.373 e. The van der Waals surface area contributed by atoms with Crippen molar-refractivity contribution < 1.29 is 4.79 Å². The van der Waals surface area contributed by atoms with Gasteiger partial charge in [0.25, 0.3) is 0 Å². The lowest BCUT2D eigenvalue weighted by Gasteiger charge is -2.27. The Bertz CT molecular complexity index is 340. The Morgan fingerprint density at radius 1 is 1.44 bits per heavy atom. The van der Waals surface area contributed by atoms with E-state index >= 15 is 0 Å². The Labute approximate surface area is 96.5 Å². The third kappa shape index (κ3) is 2.81. The van der Waals surface area contributed by atoms with Crippen LogP contribution in [-0.4, -0.2) is 24.4 Å². The molecule has 0 bridgehead atoms. The van der Waals surface area contributed by atoms with Crippen LogP contribution < -0.4 is 4.90 Å². The molecule has 3 heteroatoms. The summed E-state index contributed by atoms with van der Waals surface area (Å²) in [6.07, 6.45) is 7.30. The summed E-state index contributed by atoms with van der Waals surface area (Å²) in [5.41, 5.74) is 1.15. The van der Waals surface area contributed by atoms with E-state index in [-0.39, 0.29) is 0 Å². The van der Waals surface area contributed by atoms with Crippen molar-refractivity contribution in [3.63, 3.8) is 0 Å². The maximum atomic E-state index is 11.1. The molecule has 1 aromatic rings. The fraction of sp³-hybridized carbons (Fsp3) is 0.538. The first-order valence-corrected chi connectivity index (χ1v) is 5.88. The fourth-order valence-electron chi connectivity index (χ4n) is 2.25. The minimum absolute atomic E-state index is 0.431. The molecule has 1 aliphatic carbocycles. The highest BCUT2D eigenvalue weighted by Gasteiger charge is 2.19. The normalized spacial score (nSPS) is 17.4. The van der Waals surface area contributed by atoms with E-state index in [0.29, 0.717) is 11.7 Å². The fourth-order valence-corrected chi connectivity index (χ4v) is 2.25. The molecule has 0 saturated heterocycles. The highest BCUT2D eigenvalue weighted by Crippen LogP contribution is 2.23. The average Bonchev–Trinajstić information content (AvgIpc) is 2.33. The molecule has 1 fully saturated rings. The maximum Gasteiger partial charge on any atom is 0.132 e. The first-order valence-electron chi connectivity index (χ1n) is 5.88. The van der Waals surface area contributed by atoms with Gasteiger partial charge in [0.2, 0.25) is 0 Å². The van der Waals surface area contributed by atoms with E-state index in [1.54, 1.807) is 6.20 Å². The SMILES string of the molecule is CN(CC1CCC(=O)CC1)c1cccnc1. The number of hydrogen-bond donors (Lipinski definition) is 0. The summed E-state index contributed by atoms with van der Waals surface area (Å²) >= 11 is 0. The topological polar surface area (TPSA) is 33.2 Å². The van der Waals surface area contributed by atoms with Crippen LogP contribution in [0.4, 0.5) is 5.69 Å². The van der Waals surface area contributed by atoms with Gasteiger partial charge in [-0.1, -0.05) is 0 Å². The molecule has 86 valence electrons. The Balaban J connectivity index is 1.88. The molecule has 1 aliphatic rings. The number of nitrogens with zero attached hydrogens (tertiary/aromatic N) is 2. The van der Waals surface area contributed by atoms with Crippen molar-refractivity contribution in [3.05, 3.63) is 24.5 Å². The first-order chi connectivity index (χ1) is 7.75. The third-order valence-electron chi connectivity index (χ3n) is 3.28. The Morgan fingerprint density at radius 3 is 2.81 bits per heavy atom. The average molecular weight is 218 g/mol. The van der Waals surface area contributed by atoms with Crippen LogP contribution in [0.15, 0.2) is 24.5 Å². The summed E-state index contributed by atoms with van der Waals surface area (Å²) in [5.74, 6) is 1.09. The Hall–Kier alpha value is -1.38. The molecule has 0 aliphatic heterocycles. The van der Waals surface area contributed by atoms with Gasteiger partial charge in [-0.15, -0.1) is 0 Å². The lowest BCUT2D eigenvalue weighted by Crippen LogP contribution is -2.28. The van der Waals surface area contributed by atoms with E-state index in [9.17, 15) is 4.79 Å². The van der Waals surface area contributed by atoms with Crippen molar-refractivity contribution in [2.24, 2.45) is 5.92 Å². The molecule has 0 amide bonds. The monoisotopic (exact) mass is 218 g/mol. The Morgan fingerprint density at radius 2 is 2.19 bits per heavy atom. The van der Waals surface area contributed by atoms with Crippen LogP contribution in [0.3, 0.4) is 0 Å². The van der Waals surface area contributed by atoms with Crippen LogP contribution in [0, 0.1) is 5.92 Å². The second-order valence-electron chi connectivity index (χ2n) is 4.57. The van der Waals surface area contributed by atoms with E-state index in [2.05, 4.69) is 23.0 Å². The predicted octanol–water partition coefficient (Wildman–Crippen LogP) is 2.28. The summed E-state index contributed by atoms with van der Waals surface area (Å²) in [7, 11) is 2.09. The molecule has 0 unspecified atom stereocenters. The van der Waals surface area contributed by atoms with Gasteiger partial charge in [0, 0.05) is 32.6 Å². The van der Waals surface area contributed by atoms with Crippen molar-refractivity contribution in [1.82, 2.24) is 4.98 Å². The number of pyridine rings is 1. The second kappa shape index (κ2) is 5.10. The zero-order valence-corrected chi connectivity index (χ0v) is 9.72. The molecule has 3 nitrogen and oxygen atoms in total. The standard InChI is InChI=1S/C13H18N2O/c1-15(12-3-2-8-14-9-12)10-11-4-6-13(16)7-5-11/h2-3,8-9,11H,4-7,10H2,1H3. The minimum Gasteiger partial charge on any atom is -0.373 e. The van der Waals surface area contributed by atoms with E-state index in [1.165, 1.54) is 0 Å². The lowest BCUT2D eigenvalue weighted by molar-refractivity contribution is -0.120. The summed E-state index contributed by atoms with van der Waals surface area (Å²) in [5, 5.41) is 0. The quantitative estimate of drug-likeness (QED) is 0.780. The highest BCUT2D eigenvalue weighted by atomic mass is 16.1. The molecule has 2 rings (SSSR count). The van der Waals surface area contributed by atoms with E-state index in [4.69, 9.17) is 0 Å². The summed E-state index contributed by atoms with van der Waals surface area (Å²) in [4.78, 5) is 17.5. The number of carbonyl (C=O) groups excluding carboxylic acids is 1. The highest BCUT2D eigenvalue weighted by molar-refractivity contribution is 5.79. The van der Waals surface area contributed by atoms with Gasteiger partial charge in [0.05, 0.1) is 11.9 Å². The number of hydrogen-bond acceptors (Lipinski definition) is 3. The zero-order chi connectivity index (χ0) is 11.4. The predicted molar refractivity (Wildman–Crippen MR) is 64.5 cm³/mol. The molecule has 0 spiro atoms. The van der Waals surface area contributed by atoms with Crippen LogP contribution >= 0.6 is 0 Å². The van der Waals surface area contributed by atoms with Crippen LogP contribution in [0.2, 0.25) is 0 Å². The lowest BCUT2D eigenvalue weighted by atomic mass is 9.88. The molecule has 1 aromatic heterocycles. The zero-order valence-electron chi connectivity index (χ0n) is 9.72. The van der Waals surface area contributed by atoms with Gasteiger partial charge < -0.3 is 4.90 Å². The molecule has 0 aromatic carbocycles. The van der Waals surface area contributed by atoms with Crippen molar-refractivity contribution in [2.75, 3.05) is 18.5 Å². The molecule has 0 atom stereocenters. The van der Waals surface area contributed by atoms with E-state index in [0.717, 1.165) is 37.9 Å². The molecule has 0 radical (unpaired) electrons. The van der Waals surface area contributed by atoms with Crippen molar-refractivity contribution in [3.8, 4) is 0 Å². The summed E-state index contributed by atoms with van der Waals surface area (Å²) in [6.45, 7) is 1.03. The van der Waals surface area contributed by atoms with E-state index < -0.39 is 0 Å². The summed E-state index contributed by atoms with van der Waals surface area (Å²) < 4.78 is 0. The number of carbonyl (C=O) groups is 1. The molecule has 1 heterocycles. The van der Waals surface area contributed by atoms with Gasteiger partial charge in [-0.3, -0.25) is 9.78 Å². The molecule has 16 heavy (non-hydrogen) atoms. The van der Waals surface area contributed by atoms with Gasteiger partial charge >= 0.3 is 0 Å². The van der Waals surface area contributed by atoms with Crippen LogP contribution in [0.1, 0.15) is 25.7 Å². The van der Waals surface area contributed by atoms with Gasteiger partial charge in [-0.2, -0.15) is 0 Å². The molecule has 0 N–H and O–H groups in total. The molecular formula is C13H18N2O. The van der Waals surface area contributed by atoms with Gasteiger partial charge in [-0.25, -0.2) is 0 Å². The molecular weight excluding hydrogens is 200 g/mol. The number of aromatic nitrogens is 1. The molecule has 1 saturated carbocycles. The number of anilines is 1. The maximum absolute atomic E-state index is 11.1. The van der Waals surface area contributed by atoms with Crippen molar-refractivity contribution in [2.45, 2.75) is 25.7 Å². The van der Waals surface area contributed by atoms with Gasteiger partial charge in [0.1, 0.15) is 5.78 Å². The minimum atomic E-state index is 0.431. The van der Waals surface area contributed by atoms with Crippen molar-refractivity contribution >= 4 is 11.5 Å². The van der Waals surface area contributed by atoms with E-state index in [1.807, 2.05) is 12.3 Å². The van der Waals surface area contributed by atoms with Gasteiger partial charge in [-0.05, 0) is 30.9 Å². The first kappa shape index (κ1) is 11.1. The van der Waals surface area contributed by atoms with Crippen LogP contribution in [0.25, 0.3) is 0 Å². The smallest absolute Gasteiger partial charge is 0.132 e. The number of Topliss-reactive ketones (excluding diaryl/α,β-unsaturated/α-hetero) is 1. The van der Waals surface area contributed by atoms with Crippen LogP contribution in [-0.2, 0) is 4.79 Å². The number of ketones is 1. The second-order valence-corrected chi connectivity index (χ2v) is 4.57. The van der Waals surface area contributed by atoms with Crippen LogP contribution in [0.5, 0.6) is 0 Å². The van der Waals surface area contributed by atoms with Crippen molar-refractivity contribution in [1.29, 1.82) is 0 Å². The number of rotatable bonds is 3. The van der Waals surface area contributed by atoms with Gasteiger partial charge in [0.15, 0.2) is 0 Å². The Kier molecular flexibility index (Phi) is 3.54. The summed E-state index contributed by atoms with van der Waals surface area (Å²) in [6, 6.07) is 4.03.